The highest BCUT2D eigenvalue weighted by Crippen LogP contribution is 2.30. The van der Waals surface area contributed by atoms with Crippen LogP contribution in [0.3, 0.4) is 0 Å². The molecule has 2 aromatic carbocycles. The standard InChI is InChI=1S/C18H17NO2S/c1-11-4-7-15(8-5-11)22-19-14-6-9-17-16(10-14)18(12(2)20)13(3)21-17/h4-10,19H,1-3H3. The summed E-state index contributed by atoms with van der Waals surface area (Å²) < 4.78 is 8.95. The van der Waals surface area contributed by atoms with E-state index in [2.05, 4.69) is 35.9 Å². The molecule has 3 nitrogen and oxygen atoms in total. The Morgan fingerprint density at radius 3 is 2.50 bits per heavy atom. The second kappa shape index (κ2) is 5.89. The Morgan fingerprint density at radius 2 is 1.82 bits per heavy atom. The fourth-order valence-corrected chi connectivity index (χ4v) is 3.08. The number of benzene rings is 2. The Morgan fingerprint density at radius 1 is 1.09 bits per heavy atom. The van der Waals surface area contributed by atoms with Crippen LogP contribution in [0.5, 0.6) is 0 Å². The van der Waals surface area contributed by atoms with E-state index in [1.165, 1.54) is 5.56 Å². The number of anilines is 1. The fourth-order valence-electron chi connectivity index (χ4n) is 2.45. The minimum absolute atomic E-state index is 0.0274. The summed E-state index contributed by atoms with van der Waals surface area (Å²) in [5.41, 5.74) is 3.60. The summed E-state index contributed by atoms with van der Waals surface area (Å²) in [4.78, 5) is 12.9. The van der Waals surface area contributed by atoms with Gasteiger partial charge in [0.05, 0.1) is 5.56 Å². The lowest BCUT2D eigenvalue weighted by atomic mass is 10.1. The van der Waals surface area contributed by atoms with E-state index in [1.807, 2.05) is 25.1 Å². The molecule has 0 unspecified atom stereocenters. The smallest absolute Gasteiger partial charge is 0.163 e. The predicted molar refractivity (Wildman–Crippen MR) is 91.6 cm³/mol. The molecule has 1 N–H and O–H groups in total. The first-order valence-corrected chi connectivity index (χ1v) is 7.90. The number of nitrogens with one attached hydrogen (secondary N) is 1. The van der Waals surface area contributed by atoms with E-state index in [9.17, 15) is 4.79 Å². The average Bonchev–Trinajstić information content (AvgIpc) is 2.82. The third-order valence-electron chi connectivity index (χ3n) is 3.52. The maximum Gasteiger partial charge on any atom is 0.163 e. The molecule has 0 fully saturated rings. The third kappa shape index (κ3) is 2.88. The van der Waals surface area contributed by atoms with E-state index in [4.69, 9.17) is 4.42 Å². The maximum atomic E-state index is 11.8. The van der Waals surface area contributed by atoms with Gasteiger partial charge in [0.2, 0.25) is 0 Å². The van der Waals surface area contributed by atoms with Crippen molar-refractivity contribution in [2.45, 2.75) is 25.7 Å². The summed E-state index contributed by atoms with van der Waals surface area (Å²) in [5.74, 6) is 0.699. The Balaban J connectivity index is 1.86. The molecule has 3 rings (SSSR count). The molecule has 0 atom stereocenters. The molecular weight excluding hydrogens is 294 g/mol. The van der Waals surface area contributed by atoms with Crippen molar-refractivity contribution < 1.29 is 9.21 Å². The third-order valence-corrected chi connectivity index (χ3v) is 4.37. The Bertz CT molecular complexity index is 834. The van der Waals surface area contributed by atoms with Gasteiger partial charge in [-0.2, -0.15) is 0 Å². The van der Waals surface area contributed by atoms with Gasteiger partial charge in [-0.05, 0) is 63.1 Å². The molecule has 0 aliphatic rings. The lowest BCUT2D eigenvalue weighted by molar-refractivity contribution is 0.101. The molecule has 0 amide bonds. The van der Waals surface area contributed by atoms with Gasteiger partial charge in [-0.15, -0.1) is 0 Å². The number of ketones is 1. The highest BCUT2D eigenvalue weighted by atomic mass is 32.2. The molecule has 1 heterocycles. The number of rotatable bonds is 4. The van der Waals surface area contributed by atoms with Crippen LogP contribution < -0.4 is 4.72 Å². The summed E-state index contributed by atoms with van der Waals surface area (Å²) in [6.07, 6.45) is 0. The van der Waals surface area contributed by atoms with Crippen molar-refractivity contribution in [3.05, 3.63) is 59.4 Å². The summed E-state index contributed by atoms with van der Waals surface area (Å²) in [6, 6.07) is 14.1. The van der Waals surface area contributed by atoms with E-state index in [0.29, 0.717) is 11.3 Å². The zero-order valence-corrected chi connectivity index (χ0v) is 13.6. The second-order valence-electron chi connectivity index (χ2n) is 5.32. The van der Waals surface area contributed by atoms with Crippen molar-refractivity contribution in [2.75, 3.05) is 4.72 Å². The molecule has 0 aliphatic carbocycles. The minimum Gasteiger partial charge on any atom is -0.461 e. The van der Waals surface area contributed by atoms with Gasteiger partial charge in [-0.25, -0.2) is 0 Å². The zero-order chi connectivity index (χ0) is 15.7. The van der Waals surface area contributed by atoms with E-state index in [1.54, 1.807) is 18.9 Å². The molecule has 1 aromatic heterocycles. The van der Waals surface area contributed by atoms with Crippen molar-refractivity contribution >= 4 is 34.4 Å². The molecule has 112 valence electrons. The van der Waals surface area contributed by atoms with Crippen LogP contribution in [-0.2, 0) is 0 Å². The Labute approximate surface area is 133 Å². The van der Waals surface area contributed by atoms with Crippen LogP contribution in [0.4, 0.5) is 5.69 Å². The maximum absolute atomic E-state index is 11.8. The Kier molecular flexibility index (Phi) is 3.94. The van der Waals surface area contributed by atoms with Crippen molar-refractivity contribution in [2.24, 2.45) is 0 Å². The van der Waals surface area contributed by atoms with Gasteiger partial charge in [0.1, 0.15) is 11.3 Å². The van der Waals surface area contributed by atoms with Gasteiger partial charge in [-0.1, -0.05) is 17.7 Å². The summed E-state index contributed by atoms with van der Waals surface area (Å²) >= 11 is 1.55. The highest BCUT2D eigenvalue weighted by molar-refractivity contribution is 8.00. The van der Waals surface area contributed by atoms with Crippen molar-refractivity contribution in [3.63, 3.8) is 0 Å². The van der Waals surface area contributed by atoms with E-state index in [0.717, 1.165) is 21.6 Å². The summed E-state index contributed by atoms with van der Waals surface area (Å²) in [5, 5.41) is 0.861. The van der Waals surface area contributed by atoms with Crippen molar-refractivity contribution in [1.29, 1.82) is 0 Å². The topological polar surface area (TPSA) is 42.2 Å². The number of hydrogen-bond acceptors (Lipinski definition) is 4. The van der Waals surface area contributed by atoms with E-state index in [-0.39, 0.29) is 5.78 Å². The summed E-state index contributed by atoms with van der Waals surface area (Å²) in [7, 11) is 0. The molecule has 0 saturated heterocycles. The van der Waals surface area contributed by atoms with Crippen LogP contribution in [-0.4, -0.2) is 5.78 Å². The average molecular weight is 311 g/mol. The van der Waals surface area contributed by atoms with Gasteiger partial charge >= 0.3 is 0 Å². The highest BCUT2D eigenvalue weighted by Gasteiger charge is 2.15. The number of fused-ring (bicyclic) bond motifs is 1. The Hall–Kier alpha value is -2.20. The fraction of sp³-hybridized carbons (Fsp3) is 0.167. The number of furan rings is 1. The molecule has 0 aliphatic heterocycles. The molecule has 0 spiro atoms. The largest absolute Gasteiger partial charge is 0.461 e. The van der Waals surface area contributed by atoms with Crippen LogP contribution in [0, 0.1) is 13.8 Å². The predicted octanol–water partition coefficient (Wildman–Crippen LogP) is 5.37. The first kappa shape index (κ1) is 14.7. The van der Waals surface area contributed by atoms with Crippen LogP contribution in [0.25, 0.3) is 11.0 Å². The monoisotopic (exact) mass is 311 g/mol. The molecule has 0 bridgehead atoms. The first-order chi connectivity index (χ1) is 10.5. The lowest BCUT2D eigenvalue weighted by Crippen LogP contribution is -1.93. The van der Waals surface area contributed by atoms with E-state index >= 15 is 0 Å². The zero-order valence-electron chi connectivity index (χ0n) is 12.8. The number of carbonyl (C=O) groups excluding carboxylic acids is 1. The molecular formula is C18H17NO2S. The minimum atomic E-state index is 0.0274. The van der Waals surface area contributed by atoms with Crippen molar-refractivity contribution in [3.8, 4) is 0 Å². The summed E-state index contributed by atoms with van der Waals surface area (Å²) in [6.45, 7) is 5.46. The molecule has 4 heteroatoms. The second-order valence-corrected chi connectivity index (χ2v) is 6.20. The number of carbonyl (C=O) groups is 1. The van der Waals surface area contributed by atoms with E-state index < -0.39 is 0 Å². The SMILES string of the molecule is CC(=O)c1c(C)oc2ccc(NSc3ccc(C)cc3)cc12. The van der Waals surface area contributed by atoms with Gasteiger partial charge in [-0.3, -0.25) is 4.79 Å². The molecule has 0 radical (unpaired) electrons. The number of hydrogen-bond donors (Lipinski definition) is 1. The van der Waals surface area contributed by atoms with Gasteiger partial charge in [0.15, 0.2) is 5.78 Å². The van der Waals surface area contributed by atoms with Gasteiger partial charge in [0.25, 0.3) is 0 Å². The first-order valence-electron chi connectivity index (χ1n) is 7.08. The van der Waals surface area contributed by atoms with Crippen LogP contribution in [0.1, 0.15) is 28.6 Å². The normalized spacial score (nSPS) is 10.9. The number of aryl methyl sites for hydroxylation is 2. The van der Waals surface area contributed by atoms with Crippen molar-refractivity contribution in [1.82, 2.24) is 0 Å². The van der Waals surface area contributed by atoms with Gasteiger partial charge < -0.3 is 9.14 Å². The van der Waals surface area contributed by atoms with Crippen LogP contribution in [0.15, 0.2) is 51.8 Å². The van der Waals surface area contributed by atoms with Crippen LogP contribution in [0.2, 0.25) is 0 Å². The van der Waals surface area contributed by atoms with Crippen LogP contribution >= 0.6 is 11.9 Å². The molecule has 3 aromatic rings. The number of Topliss-reactive ketones (excluding diaryl/α,β-unsaturated/α-hetero) is 1. The molecule has 0 saturated carbocycles. The quantitative estimate of drug-likeness (QED) is 0.519. The molecule has 22 heavy (non-hydrogen) atoms. The van der Waals surface area contributed by atoms with Gasteiger partial charge in [0, 0.05) is 16.0 Å². The lowest BCUT2D eigenvalue weighted by Gasteiger charge is -2.06.